The van der Waals surface area contributed by atoms with Gasteiger partial charge in [-0.1, -0.05) is 6.07 Å². The van der Waals surface area contributed by atoms with Crippen LogP contribution in [0.15, 0.2) is 36.4 Å². The monoisotopic (exact) mass is 480 g/mol. The number of hydrogen-bond donors (Lipinski definition) is 4. The molecule has 0 bridgehead atoms. The lowest BCUT2D eigenvalue weighted by molar-refractivity contribution is 0.0988. The highest BCUT2D eigenvalue weighted by Gasteiger charge is 2.41. The number of nitrogens with zero attached hydrogens (tertiary/aromatic N) is 1. The molecule has 1 spiro atoms. The number of aliphatic hydroxyl groups is 1. The highest BCUT2D eigenvalue weighted by Crippen LogP contribution is 2.42. The summed E-state index contributed by atoms with van der Waals surface area (Å²) in [7, 11) is -3.63. The summed E-state index contributed by atoms with van der Waals surface area (Å²) in [5.74, 6) is -1.10. The Bertz CT molecular complexity index is 1170. The number of benzene rings is 2. The SMILES string of the molecule is CS(=O)(=O)Nc1cc(CNC(=O)N2CCC3(CC2)CC(O)c2cc(F)ccc2N3)ccc1F. The number of aliphatic hydroxyl groups excluding tert-OH is 1. The van der Waals surface area contributed by atoms with E-state index in [1.54, 1.807) is 11.0 Å². The first kappa shape index (κ1) is 23.2. The number of carbonyl (C=O) groups excluding carboxylic acids is 1. The molecule has 2 amide bonds. The van der Waals surface area contributed by atoms with Crippen LogP contribution in [0.2, 0.25) is 0 Å². The molecule has 2 aliphatic heterocycles. The number of anilines is 2. The summed E-state index contributed by atoms with van der Waals surface area (Å²) in [5, 5.41) is 16.7. The second kappa shape index (κ2) is 8.79. The maximum atomic E-state index is 13.8. The van der Waals surface area contributed by atoms with Crippen LogP contribution in [-0.4, -0.2) is 49.3 Å². The Hall–Kier alpha value is -2.92. The van der Waals surface area contributed by atoms with Gasteiger partial charge in [0.15, 0.2) is 0 Å². The second-order valence-electron chi connectivity index (χ2n) is 8.69. The molecule has 1 unspecified atom stereocenters. The molecule has 11 heteroatoms. The van der Waals surface area contributed by atoms with Gasteiger partial charge in [0.05, 0.1) is 18.0 Å². The molecule has 0 aliphatic carbocycles. The van der Waals surface area contributed by atoms with Gasteiger partial charge in [-0.05, 0) is 48.7 Å². The average Bonchev–Trinajstić information content (AvgIpc) is 2.74. The summed E-state index contributed by atoms with van der Waals surface area (Å²) in [6.45, 7) is 1.04. The maximum Gasteiger partial charge on any atom is 0.317 e. The van der Waals surface area contributed by atoms with Crippen LogP contribution >= 0.6 is 0 Å². The Balaban J connectivity index is 1.34. The molecule has 2 heterocycles. The Morgan fingerprint density at radius 2 is 1.94 bits per heavy atom. The van der Waals surface area contributed by atoms with Gasteiger partial charge in [-0.2, -0.15) is 0 Å². The number of amides is 2. The molecule has 1 fully saturated rings. The largest absolute Gasteiger partial charge is 0.388 e. The molecule has 1 saturated heterocycles. The third-order valence-electron chi connectivity index (χ3n) is 6.13. The third-order valence-corrected chi connectivity index (χ3v) is 6.72. The summed E-state index contributed by atoms with van der Waals surface area (Å²) in [5.41, 5.74) is 1.26. The highest BCUT2D eigenvalue weighted by molar-refractivity contribution is 7.92. The number of carbonyl (C=O) groups is 1. The van der Waals surface area contributed by atoms with Gasteiger partial charge in [-0.25, -0.2) is 22.0 Å². The number of piperidine rings is 1. The Morgan fingerprint density at radius 3 is 2.64 bits per heavy atom. The second-order valence-corrected chi connectivity index (χ2v) is 10.4. The summed E-state index contributed by atoms with van der Waals surface area (Å²) in [6.07, 6.45) is 1.83. The zero-order valence-corrected chi connectivity index (χ0v) is 18.9. The average molecular weight is 481 g/mol. The topological polar surface area (TPSA) is 111 Å². The minimum atomic E-state index is -3.63. The number of rotatable bonds is 4. The van der Waals surface area contributed by atoms with Crippen LogP contribution in [0.1, 0.15) is 36.5 Å². The van der Waals surface area contributed by atoms with E-state index >= 15 is 0 Å². The first-order valence-corrected chi connectivity index (χ1v) is 12.5. The summed E-state index contributed by atoms with van der Waals surface area (Å²) >= 11 is 0. The van der Waals surface area contributed by atoms with Crippen LogP contribution in [0, 0.1) is 11.6 Å². The van der Waals surface area contributed by atoms with Crippen molar-refractivity contribution in [1.82, 2.24) is 10.2 Å². The quantitative estimate of drug-likeness (QED) is 0.538. The van der Waals surface area contributed by atoms with Gasteiger partial charge in [0.25, 0.3) is 0 Å². The van der Waals surface area contributed by atoms with E-state index in [1.807, 2.05) is 0 Å². The molecular formula is C22H26F2N4O4S. The number of nitrogens with one attached hydrogen (secondary N) is 3. The van der Waals surface area contributed by atoms with Crippen molar-refractivity contribution in [2.75, 3.05) is 29.4 Å². The van der Waals surface area contributed by atoms with Crippen LogP contribution in [0.5, 0.6) is 0 Å². The summed E-state index contributed by atoms with van der Waals surface area (Å²) < 4.78 is 52.2. The van der Waals surface area contributed by atoms with Gasteiger partial charge in [0.1, 0.15) is 11.6 Å². The number of sulfonamides is 1. The highest BCUT2D eigenvalue weighted by atomic mass is 32.2. The third kappa shape index (κ3) is 5.36. The lowest BCUT2D eigenvalue weighted by atomic mass is 9.77. The lowest BCUT2D eigenvalue weighted by Crippen LogP contribution is -2.54. The molecule has 0 saturated carbocycles. The molecule has 0 radical (unpaired) electrons. The van der Waals surface area contributed by atoms with E-state index in [4.69, 9.17) is 0 Å². The lowest BCUT2D eigenvalue weighted by Gasteiger charge is -2.47. The van der Waals surface area contributed by atoms with Gasteiger partial charge in [0, 0.05) is 42.8 Å². The Labute approximate surface area is 191 Å². The van der Waals surface area contributed by atoms with E-state index in [2.05, 4.69) is 15.4 Å². The van der Waals surface area contributed by atoms with Gasteiger partial charge >= 0.3 is 6.03 Å². The van der Waals surface area contributed by atoms with E-state index in [0.717, 1.165) is 12.3 Å². The molecule has 2 aromatic rings. The fraction of sp³-hybridized carbons (Fsp3) is 0.409. The predicted octanol–water partition coefficient (Wildman–Crippen LogP) is 2.93. The van der Waals surface area contributed by atoms with Gasteiger partial charge in [-0.15, -0.1) is 0 Å². The standard InChI is InChI=1S/C22H26F2N4O4S/c1-33(31,32)27-19-10-14(2-4-17(19)24)13-25-21(30)28-8-6-22(7-9-28)12-20(29)16-11-15(23)3-5-18(16)26-22/h2-5,10-11,20,26-27,29H,6-9,12-13H2,1H3,(H,25,30). The molecule has 178 valence electrons. The molecule has 4 rings (SSSR count). The predicted molar refractivity (Wildman–Crippen MR) is 120 cm³/mol. The summed E-state index contributed by atoms with van der Waals surface area (Å²) in [6, 6.07) is 8.00. The number of fused-ring (bicyclic) bond motifs is 1. The zero-order chi connectivity index (χ0) is 23.8. The van der Waals surface area contributed by atoms with Gasteiger partial charge < -0.3 is 20.6 Å². The molecular weight excluding hydrogens is 454 g/mol. The van der Waals surface area contributed by atoms with Crippen molar-refractivity contribution in [3.05, 3.63) is 59.2 Å². The van der Waals surface area contributed by atoms with E-state index in [1.165, 1.54) is 24.3 Å². The first-order chi connectivity index (χ1) is 15.5. The zero-order valence-electron chi connectivity index (χ0n) is 18.1. The van der Waals surface area contributed by atoms with E-state index in [9.17, 15) is 27.1 Å². The van der Waals surface area contributed by atoms with Crippen LogP contribution in [0.4, 0.5) is 25.0 Å². The molecule has 4 N–H and O–H groups in total. The van der Waals surface area contributed by atoms with Crippen molar-refractivity contribution < 1.29 is 27.1 Å². The van der Waals surface area contributed by atoms with Gasteiger partial charge in [0.2, 0.25) is 10.0 Å². The van der Waals surface area contributed by atoms with Crippen molar-refractivity contribution in [3.63, 3.8) is 0 Å². The number of hydrogen-bond acceptors (Lipinski definition) is 5. The van der Waals surface area contributed by atoms with Crippen LogP contribution in [0.25, 0.3) is 0 Å². The molecule has 2 aliphatic rings. The minimum Gasteiger partial charge on any atom is -0.388 e. The van der Waals surface area contributed by atoms with Crippen LogP contribution in [-0.2, 0) is 16.6 Å². The fourth-order valence-electron chi connectivity index (χ4n) is 4.46. The van der Waals surface area contributed by atoms with Crippen molar-refractivity contribution in [1.29, 1.82) is 0 Å². The fourth-order valence-corrected chi connectivity index (χ4v) is 5.01. The van der Waals surface area contributed by atoms with Crippen molar-refractivity contribution in [2.24, 2.45) is 0 Å². The van der Waals surface area contributed by atoms with Crippen LogP contribution in [0.3, 0.4) is 0 Å². The number of halogens is 2. The molecule has 0 aromatic heterocycles. The van der Waals surface area contributed by atoms with Crippen molar-refractivity contribution >= 4 is 27.4 Å². The van der Waals surface area contributed by atoms with Crippen molar-refractivity contribution in [3.8, 4) is 0 Å². The molecule has 8 nitrogen and oxygen atoms in total. The van der Waals surface area contributed by atoms with Crippen molar-refractivity contribution in [2.45, 2.75) is 37.5 Å². The minimum absolute atomic E-state index is 0.106. The molecule has 2 aromatic carbocycles. The van der Waals surface area contributed by atoms with E-state index < -0.39 is 27.8 Å². The van der Waals surface area contributed by atoms with Gasteiger partial charge in [-0.3, -0.25) is 4.72 Å². The number of likely N-dealkylation sites (tertiary alicyclic amines) is 1. The Morgan fingerprint density at radius 1 is 1.21 bits per heavy atom. The summed E-state index contributed by atoms with van der Waals surface area (Å²) in [4.78, 5) is 14.3. The smallest absolute Gasteiger partial charge is 0.317 e. The molecule has 1 atom stereocenters. The first-order valence-electron chi connectivity index (χ1n) is 10.6. The Kier molecular flexibility index (Phi) is 6.19. The van der Waals surface area contributed by atoms with E-state index in [-0.39, 0.29) is 23.8 Å². The molecule has 33 heavy (non-hydrogen) atoms. The van der Waals surface area contributed by atoms with E-state index in [0.29, 0.717) is 49.2 Å². The number of urea groups is 1. The normalized spacial score (nSPS) is 19.5. The van der Waals surface area contributed by atoms with Crippen LogP contribution < -0.4 is 15.4 Å². The maximum absolute atomic E-state index is 13.8.